The lowest BCUT2D eigenvalue weighted by atomic mass is 10.2. The zero-order valence-electron chi connectivity index (χ0n) is 20.3. The highest BCUT2D eigenvalue weighted by atomic mass is 32.2. The predicted molar refractivity (Wildman–Crippen MR) is 136 cm³/mol. The Morgan fingerprint density at radius 2 is 1.72 bits per heavy atom. The Balaban J connectivity index is 1.78. The number of rotatable bonds is 11. The molecule has 1 atom stereocenters. The third kappa shape index (κ3) is 8.15. The number of nitrogens with zero attached hydrogens (tertiary/aromatic N) is 2. The van der Waals surface area contributed by atoms with Crippen molar-refractivity contribution >= 4 is 29.6 Å². The molecular formula is C24H28N3O7PS. The Kier molecular flexibility index (Phi) is 9.19. The molecule has 3 aromatic rings. The molecule has 1 heterocycles. The van der Waals surface area contributed by atoms with Gasteiger partial charge in [0.05, 0.1) is 41.9 Å². The van der Waals surface area contributed by atoms with Gasteiger partial charge in [-0.2, -0.15) is 0 Å². The van der Waals surface area contributed by atoms with Crippen LogP contribution in [0, 0.1) is 0 Å². The molecule has 0 spiro atoms. The van der Waals surface area contributed by atoms with Gasteiger partial charge in [0.25, 0.3) is 5.91 Å². The number of carbonyl (C=O) groups is 1. The van der Waals surface area contributed by atoms with Gasteiger partial charge in [-0.25, -0.2) is 13.4 Å². The minimum absolute atomic E-state index is 0.146. The fourth-order valence-electron chi connectivity index (χ4n) is 3.05. The Morgan fingerprint density at radius 1 is 1.03 bits per heavy atom. The standard InChI is InChI=1S/C24H28N3O7PS/c1-5-32-35(29)15-18-13-26-23(14-25-18)27-24(28)17-10-20(33-16(2)3)12-21(11-17)34-19-6-8-22(9-7-19)36(4,30)31/h6-14,16,35H,5,15H2,1-4H3,(H,26,27,28). The Hall–Kier alpha value is -3.27. The molecule has 2 aromatic carbocycles. The average Bonchev–Trinajstić information content (AvgIpc) is 2.79. The number of hydrogen-bond donors (Lipinski definition) is 1. The number of nitrogens with one attached hydrogen (secondary N) is 1. The average molecular weight is 534 g/mol. The second-order valence-electron chi connectivity index (χ2n) is 8.03. The number of aromatic nitrogens is 2. The molecule has 1 amide bonds. The summed E-state index contributed by atoms with van der Waals surface area (Å²) in [7, 11) is -5.55. The summed E-state index contributed by atoms with van der Waals surface area (Å²) in [5.74, 6) is 0.888. The first-order valence-corrected chi connectivity index (χ1v) is 14.5. The summed E-state index contributed by atoms with van der Waals surface area (Å²) < 4.78 is 51.8. The van der Waals surface area contributed by atoms with E-state index in [1.54, 1.807) is 19.1 Å². The molecule has 36 heavy (non-hydrogen) atoms. The highest BCUT2D eigenvalue weighted by Gasteiger charge is 2.14. The molecule has 0 saturated carbocycles. The van der Waals surface area contributed by atoms with Gasteiger partial charge in [0.2, 0.25) is 0 Å². The number of amides is 1. The van der Waals surface area contributed by atoms with Crippen LogP contribution in [0.5, 0.6) is 17.2 Å². The zero-order chi connectivity index (χ0) is 26.3. The van der Waals surface area contributed by atoms with Crippen LogP contribution in [-0.2, 0) is 25.1 Å². The lowest BCUT2D eigenvalue weighted by Crippen LogP contribution is -2.14. The van der Waals surface area contributed by atoms with Gasteiger partial charge in [-0.3, -0.25) is 14.3 Å². The maximum Gasteiger partial charge on any atom is 0.257 e. The molecule has 0 fully saturated rings. The van der Waals surface area contributed by atoms with E-state index in [1.165, 1.54) is 42.7 Å². The number of ether oxygens (including phenoxy) is 2. The number of benzene rings is 2. The van der Waals surface area contributed by atoms with E-state index in [9.17, 15) is 17.8 Å². The van der Waals surface area contributed by atoms with Crippen molar-refractivity contribution in [2.24, 2.45) is 0 Å². The van der Waals surface area contributed by atoms with Crippen LogP contribution in [0.25, 0.3) is 0 Å². The fourth-order valence-corrected chi connectivity index (χ4v) is 4.58. The highest BCUT2D eigenvalue weighted by molar-refractivity contribution is 7.90. The third-order valence-electron chi connectivity index (χ3n) is 4.58. The predicted octanol–water partition coefficient (Wildman–Crippen LogP) is 4.72. The summed E-state index contributed by atoms with van der Waals surface area (Å²) in [6.07, 6.45) is 3.96. The van der Waals surface area contributed by atoms with E-state index in [-0.39, 0.29) is 28.5 Å². The molecule has 0 aliphatic carbocycles. The molecule has 10 nitrogen and oxygen atoms in total. The quantitative estimate of drug-likeness (QED) is 0.347. The van der Waals surface area contributed by atoms with Crippen molar-refractivity contribution in [1.82, 2.24) is 9.97 Å². The van der Waals surface area contributed by atoms with Crippen LogP contribution in [0.4, 0.5) is 5.82 Å². The number of anilines is 1. The molecule has 0 aliphatic rings. The summed E-state index contributed by atoms with van der Waals surface area (Å²) in [5.41, 5.74) is 0.749. The Morgan fingerprint density at radius 3 is 2.31 bits per heavy atom. The maximum absolute atomic E-state index is 12.9. The summed E-state index contributed by atoms with van der Waals surface area (Å²) >= 11 is 0. The number of carbonyl (C=O) groups excluding carboxylic acids is 1. The van der Waals surface area contributed by atoms with E-state index in [0.29, 0.717) is 29.5 Å². The van der Waals surface area contributed by atoms with Gasteiger partial charge in [-0.1, -0.05) is 0 Å². The van der Waals surface area contributed by atoms with Crippen LogP contribution in [0.1, 0.15) is 36.8 Å². The van der Waals surface area contributed by atoms with Crippen molar-refractivity contribution in [3.8, 4) is 17.2 Å². The minimum Gasteiger partial charge on any atom is -0.491 e. The molecule has 192 valence electrons. The zero-order valence-corrected chi connectivity index (χ0v) is 22.2. The summed E-state index contributed by atoms with van der Waals surface area (Å²) in [6.45, 7) is 5.83. The lowest BCUT2D eigenvalue weighted by molar-refractivity contribution is 0.102. The summed E-state index contributed by atoms with van der Waals surface area (Å²) in [4.78, 5) is 21.4. The van der Waals surface area contributed by atoms with E-state index < -0.39 is 23.8 Å². The Bertz CT molecular complexity index is 1330. The second kappa shape index (κ2) is 12.1. The second-order valence-corrected chi connectivity index (χ2v) is 11.4. The molecule has 1 unspecified atom stereocenters. The number of sulfone groups is 1. The number of hydrogen-bond acceptors (Lipinski definition) is 9. The van der Waals surface area contributed by atoms with Crippen LogP contribution in [0.2, 0.25) is 0 Å². The molecule has 0 bridgehead atoms. The molecule has 0 saturated heterocycles. The van der Waals surface area contributed by atoms with Crippen molar-refractivity contribution in [2.45, 2.75) is 37.9 Å². The molecule has 12 heteroatoms. The van der Waals surface area contributed by atoms with Crippen molar-refractivity contribution in [2.75, 3.05) is 18.2 Å². The molecule has 0 radical (unpaired) electrons. The van der Waals surface area contributed by atoms with Crippen molar-refractivity contribution in [3.05, 3.63) is 66.1 Å². The van der Waals surface area contributed by atoms with E-state index in [0.717, 1.165) is 6.26 Å². The van der Waals surface area contributed by atoms with Gasteiger partial charge < -0.3 is 19.3 Å². The first kappa shape index (κ1) is 27.3. The minimum atomic E-state index is -3.33. The maximum atomic E-state index is 12.9. The molecule has 1 N–H and O–H groups in total. The lowest BCUT2D eigenvalue weighted by Gasteiger charge is -2.14. The van der Waals surface area contributed by atoms with E-state index in [1.807, 2.05) is 13.8 Å². The first-order valence-electron chi connectivity index (χ1n) is 11.1. The van der Waals surface area contributed by atoms with Gasteiger partial charge in [0.15, 0.2) is 23.7 Å². The monoisotopic (exact) mass is 533 g/mol. The van der Waals surface area contributed by atoms with E-state index in [4.69, 9.17) is 14.0 Å². The smallest absolute Gasteiger partial charge is 0.257 e. The highest BCUT2D eigenvalue weighted by Crippen LogP contribution is 2.30. The molecule has 0 aliphatic heterocycles. The Labute approximate surface area is 210 Å². The van der Waals surface area contributed by atoms with Gasteiger partial charge in [-0.05, 0) is 57.2 Å². The van der Waals surface area contributed by atoms with Crippen molar-refractivity contribution in [1.29, 1.82) is 0 Å². The molecule has 1 aromatic heterocycles. The van der Waals surface area contributed by atoms with Crippen LogP contribution >= 0.6 is 8.03 Å². The van der Waals surface area contributed by atoms with Gasteiger partial charge in [0, 0.05) is 17.9 Å². The topological polar surface area (TPSA) is 134 Å². The van der Waals surface area contributed by atoms with Crippen LogP contribution in [-0.4, -0.2) is 43.3 Å². The van der Waals surface area contributed by atoms with Gasteiger partial charge in [0.1, 0.15) is 17.2 Å². The summed E-state index contributed by atoms with van der Waals surface area (Å²) in [6, 6.07) is 10.7. The van der Waals surface area contributed by atoms with Gasteiger partial charge in [-0.15, -0.1) is 0 Å². The summed E-state index contributed by atoms with van der Waals surface area (Å²) in [5, 5.41) is 2.67. The molecular weight excluding hydrogens is 505 g/mol. The SMILES string of the molecule is CCO[PH](=O)Cc1cnc(NC(=O)c2cc(Oc3ccc(S(C)(=O)=O)cc3)cc(OC(C)C)c2)cn1. The van der Waals surface area contributed by atoms with E-state index >= 15 is 0 Å². The van der Waals surface area contributed by atoms with Crippen LogP contribution in [0.3, 0.4) is 0 Å². The van der Waals surface area contributed by atoms with Crippen LogP contribution in [0.15, 0.2) is 59.8 Å². The first-order chi connectivity index (χ1) is 17.0. The molecule has 3 rings (SSSR count). The van der Waals surface area contributed by atoms with Crippen molar-refractivity contribution < 1.29 is 31.8 Å². The largest absolute Gasteiger partial charge is 0.491 e. The van der Waals surface area contributed by atoms with Crippen LogP contribution < -0.4 is 14.8 Å². The van der Waals surface area contributed by atoms with Gasteiger partial charge >= 0.3 is 0 Å². The van der Waals surface area contributed by atoms with Crippen molar-refractivity contribution in [3.63, 3.8) is 0 Å². The fraction of sp³-hybridized carbons (Fsp3) is 0.292. The third-order valence-corrected chi connectivity index (χ3v) is 6.97. The normalized spacial score (nSPS) is 12.2. The van der Waals surface area contributed by atoms with E-state index in [2.05, 4.69) is 15.3 Å².